The summed E-state index contributed by atoms with van der Waals surface area (Å²) in [4.78, 5) is 12.2. The lowest BCUT2D eigenvalue weighted by atomic mass is 10.1. The SMILES string of the molecule is Cn1ncc2c(=O)n(Cc3cc(C#N)ccc3F)nnc21. The summed E-state index contributed by atoms with van der Waals surface area (Å²) in [7, 11) is 1.65. The number of halogens is 1. The molecule has 0 atom stereocenters. The molecule has 2 heterocycles. The molecule has 0 N–H and O–H groups in total. The van der Waals surface area contributed by atoms with Crippen molar-refractivity contribution < 1.29 is 4.39 Å². The molecule has 3 rings (SSSR count). The number of aromatic nitrogens is 5. The third-order valence-corrected chi connectivity index (χ3v) is 3.11. The lowest BCUT2D eigenvalue weighted by Crippen LogP contribution is -2.25. The van der Waals surface area contributed by atoms with Gasteiger partial charge in [0.25, 0.3) is 5.56 Å². The number of benzene rings is 1. The lowest BCUT2D eigenvalue weighted by Gasteiger charge is -2.05. The van der Waals surface area contributed by atoms with Gasteiger partial charge in [0, 0.05) is 12.6 Å². The molecule has 8 heteroatoms. The van der Waals surface area contributed by atoms with Crippen molar-refractivity contribution in [2.24, 2.45) is 7.05 Å². The summed E-state index contributed by atoms with van der Waals surface area (Å²) in [6.45, 7) is -0.0992. The Balaban J connectivity index is 2.09. The van der Waals surface area contributed by atoms with Gasteiger partial charge in [0.1, 0.15) is 11.2 Å². The van der Waals surface area contributed by atoms with E-state index >= 15 is 0 Å². The van der Waals surface area contributed by atoms with Crippen LogP contribution in [0.2, 0.25) is 0 Å². The van der Waals surface area contributed by atoms with Crippen molar-refractivity contribution in [2.45, 2.75) is 6.54 Å². The Morgan fingerprint density at radius 3 is 3.00 bits per heavy atom. The molecule has 0 aliphatic carbocycles. The first-order chi connectivity index (χ1) is 10.1. The second kappa shape index (κ2) is 4.79. The van der Waals surface area contributed by atoms with Crippen LogP contribution < -0.4 is 5.56 Å². The fourth-order valence-corrected chi connectivity index (χ4v) is 2.01. The molecule has 0 unspecified atom stereocenters. The van der Waals surface area contributed by atoms with Crippen LogP contribution in [0.15, 0.2) is 29.2 Å². The molecule has 21 heavy (non-hydrogen) atoms. The highest BCUT2D eigenvalue weighted by atomic mass is 19.1. The Kier molecular flexibility index (Phi) is 2.95. The Labute approximate surface area is 117 Å². The van der Waals surface area contributed by atoms with Crippen molar-refractivity contribution in [1.29, 1.82) is 5.26 Å². The molecule has 1 aromatic carbocycles. The maximum atomic E-state index is 13.8. The fourth-order valence-electron chi connectivity index (χ4n) is 2.01. The molecular formula is C13H9FN6O. The van der Waals surface area contributed by atoms with Gasteiger partial charge in [0.05, 0.1) is 24.4 Å². The number of hydrogen-bond acceptors (Lipinski definition) is 5. The Bertz CT molecular complexity index is 936. The van der Waals surface area contributed by atoms with Crippen LogP contribution in [0.1, 0.15) is 11.1 Å². The fraction of sp³-hybridized carbons (Fsp3) is 0.154. The van der Waals surface area contributed by atoms with Gasteiger partial charge in [0.2, 0.25) is 0 Å². The van der Waals surface area contributed by atoms with Gasteiger partial charge in [-0.15, -0.1) is 5.10 Å². The van der Waals surface area contributed by atoms with E-state index in [9.17, 15) is 9.18 Å². The molecular weight excluding hydrogens is 275 g/mol. The standard InChI is InChI=1S/C13H9FN6O/c1-19-12-10(6-16-19)13(21)20(18-17-12)7-9-4-8(5-15)2-3-11(9)14/h2-4,6H,7H2,1H3. The predicted molar refractivity (Wildman–Crippen MR) is 70.8 cm³/mol. The smallest absolute Gasteiger partial charge is 0.267 e. The van der Waals surface area contributed by atoms with E-state index < -0.39 is 11.4 Å². The highest BCUT2D eigenvalue weighted by molar-refractivity contribution is 5.72. The van der Waals surface area contributed by atoms with Crippen LogP contribution in [0.25, 0.3) is 11.0 Å². The summed E-state index contributed by atoms with van der Waals surface area (Å²) in [5, 5.41) is 20.8. The molecule has 3 aromatic rings. The zero-order valence-corrected chi connectivity index (χ0v) is 11.0. The van der Waals surface area contributed by atoms with Crippen molar-refractivity contribution in [3.63, 3.8) is 0 Å². The third kappa shape index (κ3) is 2.14. The minimum atomic E-state index is -0.506. The zero-order chi connectivity index (χ0) is 15.0. The van der Waals surface area contributed by atoms with E-state index in [4.69, 9.17) is 5.26 Å². The number of hydrogen-bond donors (Lipinski definition) is 0. The zero-order valence-electron chi connectivity index (χ0n) is 11.0. The summed E-state index contributed by atoms with van der Waals surface area (Å²) < 4.78 is 16.2. The maximum absolute atomic E-state index is 13.8. The van der Waals surface area contributed by atoms with Gasteiger partial charge < -0.3 is 0 Å². The predicted octanol–water partition coefficient (Wildman–Crippen LogP) is 0.584. The number of aryl methyl sites for hydroxylation is 1. The number of nitriles is 1. The van der Waals surface area contributed by atoms with Crippen LogP contribution in [-0.2, 0) is 13.6 Å². The molecule has 0 saturated heterocycles. The summed E-state index contributed by atoms with van der Waals surface area (Å²) in [6, 6.07) is 5.87. The first-order valence-electron chi connectivity index (χ1n) is 6.04. The van der Waals surface area contributed by atoms with E-state index in [0.29, 0.717) is 16.6 Å². The summed E-state index contributed by atoms with van der Waals surface area (Å²) in [5.74, 6) is -0.506. The number of rotatable bonds is 2. The highest BCUT2D eigenvalue weighted by Gasteiger charge is 2.12. The molecule has 0 bridgehead atoms. The second-order valence-corrected chi connectivity index (χ2v) is 4.48. The minimum absolute atomic E-state index is 0.0992. The van der Waals surface area contributed by atoms with Gasteiger partial charge in [-0.1, -0.05) is 5.21 Å². The third-order valence-electron chi connectivity index (χ3n) is 3.11. The van der Waals surface area contributed by atoms with Gasteiger partial charge in [-0.25, -0.2) is 13.8 Å². The average Bonchev–Trinajstić information content (AvgIpc) is 2.86. The van der Waals surface area contributed by atoms with Crippen molar-refractivity contribution >= 4 is 11.0 Å². The van der Waals surface area contributed by atoms with Crippen LogP contribution in [0.4, 0.5) is 4.39 Å². The van der Waals surface area contributed by atoms with E-state index in [1.54, 1.807) is 7.05 Å². The van der Waals surface area contributed by atoms with Crippen LogP contribution in [0.3, 0.4) is 0 Å². The van der Waals surface area contributed by atoms with E-state index in [0.717, 1.165) is 4.68 Å². The highest BCUT2D eigenvalue weighted by Crippen LogP contribution is 2.11. The largest absolute Gasteiger partial charge is 0.281 e. The van der Waals surface area contributed by atoms with Crippen LogP contribution >= 0.6 is 0 Å². The quantitative estimate of drug-likeness (QED) is 0.687. The maximum Gasteiger partial charge on any atom is 0.281 e. The molecule has 0 radical (unpaired) electrons. The van der Waals surface area contributed by atoms with Crippen LogP contribution in [0.5, 0.6) is 0 Å². The normalized spacial score (nSPS) is 10.7. The van der Waals surface area contributed by atoms with Crippen molar-refractivity contribution in [3.05, 3.63) is 51.7 Å². The molecule has 0 spiro atoms. The van der Waals surface area contributed by atoms with Crippen LogP contribution in [-0.4, -0.2) is 24.8 Å². The Morgan fingerprint density at radius 1 is 1.43 bits per heavy atom. The van der Waals surface area contributed by atoms with E-state index in [-0.39, 0.29) is 12.1 Å². The summed E-state index contributed by atoms with van der Waals surface area (Å²) in [6.07, 6.45) is 1.39. The van der Waals surface area contributed by atoms with E-state index in [1.807, 2.05) is 6.07 Å². The Hall–Kier alpha value is -3.08. The van der Waals surface area contributed by atoms with Crippen LogP contribution in [0, 0.1) is 17.1 Å². The van der Waals surface area contributed by atoms with Crippen molar-refractivity contribution in [1.82, 2.24) is 24.8 Å². The van der Waals surface area contributed by atoms with E-state index in [1.165, 1.54) is 29.1 Å². The van der Waals surface area contributed by atoms with Gasteiger partial charge in [0.15, 0.2) is 5.65 Å². The molecule has 0 fully saturated rings. The summed E-state index contributed by atoms with van der Waals surface area (Å²) >= 11 is 0. The Morgan fingerprint density at radius 2 is 2.24 bits per heavy atom. The van der Waals surface area contributed by atoms with Gasteiger partial charge in [-0.05, 0) is 18.2 Å². The van der Waals surface area contributed by atoms with Crippen molar-refractivity contribution in [2.75, 3.05) is 0 Å². The van der Waals surface area contributed by atoms with Gasteiger partial charge in [-0.2, -0.15) is 10.4 Å². The average molecular weight is 284 g/mol. The van der Waals surface area contributed by atoms with Gasteiger partial charge in [-0.3, -0.25) is 4.79 Å². The molecule has 0 amide bonds. The molecule has 2 aromatic heterocycles. The number of fused-ring (bicyclic) bond motifs is 1. The molecule has 104 valence electrons. The van der Waals surface area contributed by atoms with Gasteiger partial charge >= 0.3 is 0 Å². The number of nitrogens with zero attached hydrogens (tertiary/aromatic N) is 6. The monoisotopic (exact) mass is 284 g/mol. The second-order valence-electron chi connectivity index (χ2n) is 4.48. The minimum Gasteiger partial charge on any atom is -0.267 e. The van der Waals surface area contributed by atoms with Crippen molar-refractivity contribution in [3.8, 4) is 6.07 Å². The molecule has 0 aliphatic heterocycles. The lowest BCUT2D eigenvalue weighted by molar-refractivity contribution is 0.555. The summed E-state index contributed by atoms with van der Waals surface area (Å²) in [5.41, 5.74) is 0.473. The first kappa shape index (κ1) is 12.9. The molecule has 7 nitrogen and oxygen atoms in total. The topological polar surface area (TPSA) is 89.4 Å². The molecule has 0 aliphatic rings. The van der Waals surface area contributed by atoms with E-state index in [2.05, 4.69) is 15.4 Å². The molecule has 0 saturated carbocycles. The first-order valence-corrected chi connectivity index (χ1v) is 6.04.